The summed E-state index contributed by atoms with van der Waals surface area (Å²) in [5, 5.41) is 0. The molecule has 0 heterocycles. The molecule has 0 aliphatic rings. The van der Waals surface area contributed by atoms with E-state index in [1.165, 1.54) is 0 Å². The Balaban J connectivity index is 6.85. The van der Waals surface area contributed by atoms with Crippen LogP contribution in [-0.4, -0.2) is 49.5 Å². The molecule has 0 aromatic rings. The summed E-state index contributed by atoms with van der Waals surface area (Å²) in [5.74, 6) is -12.7. The normalized spacial score (nSPS) is 15.0. The summed E-state index contributed by atoms with van der Waals surface area (Å²) < 4.78 is 165. The number of hydrogen-bond donors (Lipinski definition) is 0. The maximum absolute atomic E-state index is 13.0. The second-order valence-corrected chi connectivity index (χ2v) is 4.53. The number of alkyl halides is 12. The maximum atomic E-state index is 13.0. The molecule has 15 heteroatoms. The van der Waals surface area contributed by atoms with Gasteiger partial charge >= 0.3 is 36.3 Å². The van der Waals surface area contributed by atoms with E-state index < -0.39 is 49.5 Å². The van der Waals surface area contributed by atoms with Crippen LogP contribution in [0.2, 0.25) is 0 Å². The van der Waals surface area contributed by atoms with Gasteiger partial charge in [0, 0.05) is 0 Å². The van der Waals surface area contributed by atoms with Crippen molar-refractivity contribution in [2.24, 2.45) is 0 Å². The van der Waals surface area contributed by atoms with Crippen molar-refractivity contribution < 1.29 is 66.9 Å². The molecule has 0 saturated carbocycles. The predicted molar refractivity (Wildman–Crippen MR) is 63.1 cm³/mol. The molecule has 0 fully saturated rings. The zero-order valence-electron chi connectivity index (χ0n) is 12.7. The number of rotatable bonds is 8. The van der Waals surface area contributed by atoms with E-state index in [-0.39, 0.29) is 12.2 Å². The molecule has 27 heavy (non-hydrogen) atoms. The molecular formula is C12H10F12O3. The van der Waals surface area contributed by atoms with E-state index in [2.05, 4.69) is 27.4 Å². The van der Waals surface area contributed by atoms with Gasteiger partial charge in [-0.05, 0) is 0 Å². The van der Waals surface area contributed by atoms with Crippen LogP contribution in [0.15, 0.2) is 25.3 Å². The van der Waals surface area contributed by atoms with Crippen molar-refractivity contribution in [1.29, 1.82) is 0 Å². The molecular weight excluding hydrogens is 420 g/mol. The van der Waals surface area contributed by atoms with Gasteiger partial charge in [-0.1, -0.05) is 12.2 Å². The Morgan fingerprint density at radius 3 is 0.889 bits per heavy atom. The molecule has 0 spiro atoms. The Hall–Kier alpha value is -1.48. The first-order valence-electron chi connectivity index (χ1n) is 6.29. The van der Waals surface area contributed by atoms with Crippen LogP contribution in [0.5, 0.6) is 0 Å². The third kappa shape index (κ3) is 4.87. The molecule has 0 aromatic heterocycles. The van der Waals surface area contributed by atoms with Crippen LogP contribution in [0.25, 0.3) is 0 Å². The zero-order valence-corrected chi connectivity index (χ0v) is 12.7. The van der Waals surface area contributed by atoms with Crippen molar-refractivity contribution in [1.82, 2.24) is 0 Å². The lowest BCUT2D eigenvalue weighted by Gasteiger charge is -2.44. The molecule has 0 N–H and O–H groups in total. The standard InChI is InChI=1S/C12H10F12O3/c1-3-5-25-7(9(13,14)15,10(16,17)18)27-8(11(19,20)21,12(22,23)24)26-6-4-2/h3-4H,1-2,5-6H2. The van der Waals surface area contributed by atoms with Crippen LogP contribution in [0.4, 0.5) is 52.7 Å². The summed E-state index contributed by atoms with van der Waals surface area (Å²) >= 11 is 0. The molecule has 0 amide bonds. The molecule has 0 aliphatic heterocycles. The summed E-state index contributed by atoms with van der Waals surface area (Å²) in [6.45, 7) is 1.79. The smallest absolute Gasteiger partial charge is 0.331 e. The van der Waals surface area contributed by atoms with E-state index in [0.29, 0.717) is 0 Å². The summed E-state index contributed by atoms with van der Waals surface area (Å²) in [4.78, 5) is 0. The molecule has 0 radical (unpaired) electrons. The molecule has 3 nitrogen and oxygen atoms in total. The van der Waals surface area contributed by atoms with E-state index in [0.717, 1.165) is 0 Å². The fraction of sp³-hybridized carbons (Fsp3) is 0.667. The molecule has 0 atom stereocenters. The van der Waals surface area contributed by atoms with E-state index in [9.17, 15) is 52.7 Å². The third-order valence-corrected chi connectivity index (χ3v) is 2.59. The lowest BCUT2D eigenvalue weighted by atomic mass is 10.2. The fourth-order valence-electron chi connectivity index (χ4n) is 1.49. The first-order valence-corrected chi connectivity index (χ1v) is 6.29. The van der Waals surface area contributed by atoms with E-state index >= 15 is 0 Å². The van der Waals surface area contributed by atoms with Crippen LogP contribution >= 0.6 is 0 Å². The summed E-state index contributed by atoms with van der Waals surface area (Å²) in [5.41, 5.74) is 0. The Morgan fingerprint density at radius 2 is 0.741 bits per heavy atom. The molecule has 0 rings (SSSR count). The largest absolute Gasteiger partial charge is 0.453 e. The quantitative estimate of drug-likeness (QED) is 0.307. The highest BCUT2D eigenvalue weighted by molar-refractivity contribution is 4.97. The van der Waals surface area contributed by atoms with Gasteiger partial charge in [-0.25, -0.2) is 0 Å². The van der Waals surface area contributed by atoms with Crippen LogP contribution in [0.1, 0.15) is 0 Å². The van der Waals surface area contributed by atoms with Gasteiger partial charge in [0.25, 0.3) is 0 Å². The summed E-state index contributed by atoms with van der Waals surface area (Å²) in [7, 11) is 0. The monoisotopic (exact) mass is 430 g/mol. The van der Waals surface area contributed by atoms with E-state index in [4.69, 9.17) is 0 Å². The van der Waals surface area contributed by atoms with E-state index in [1.54, 1.807) is 0 Å². The summed E-state index contributed by atoms with van der Waals surface area (Å²) in [6.07, 6.45) is -27.3. The SMILES string of the molecule is C=CCOC(OC(OCC=C)(C(F)(F)F)C(F)(F)F)(C(F)(F)F)C(F)(F)F. The lowest BCUT2D eigenvalue weighted by molar-refractivity contribution is -0.564. The Morgan fingerprint density at radius 1 is 0.519 bits per heavy atom. The maximum Gasteiger partial charge on any atom is 0.453 e. The van der Waals surface area contributed by atoms with E-state index in [1.807, 2.05) is 0 Å². The lowest BCUT2D eigenvalue weighted by Crippen LogP contribution is -2.71. The van der Waals surface area contributed by atoms with Gasteiger partial charge < -0.3 is 9.47 Å². The number of halogens is 12. The van der Waals surface area contributed by atoms with Crippen molar-refractivity contribution in [3.05, 3.63) is 25.3 Å². The Kier molecular flexibility index (Phi) is 7.44. The highest BCUT2D eigenvalue weighted by Crippen LogP contribution is 2.55. The molecule has 160 valence electrons. The topological polar surface area (TPSA) is 27.7 Å². The van der Waals surface area contributed by atoms with Gasteiger partial charge in [0.2, 0.25) is 0 Å². The molecule has 0 bridgehead atoms. The zero-order chi connectivity index (χ0) is 21.9. The van der Waals surface area contributed by atoms with Crippen LogP contribution in [0.3, 0.4) is 0 Å². The minimum Gasteiger partial charge on any atom is -0.331 e. The van der Waals surface area contributed by atoms with Gasteiger partial charge in [0.1, 0.15) is 0 Å². The highest BCUT2D eigenvalue weighted by Gasteiger charge is 2.84. The van der Waals surface area contributed by atoms with Crippen molar-refractivity contribution >= 4 is 0 Å². The van der Waals surface area contributed by atoms with Gasteiger partial charge in [-0.3, -0.25) is 4.74 Å². The average Bonchev–Trinajstić information content (AvgIpc) is 2.41. The average molecular weight is 430 g/mol. The number of hydrogen-bond acceptors (Lipinski definition) is 3. The van der Waals surface area contributed by atoms with Crippen LogP contribution in [-0.2, 0) is 14.2 Å². The molecule has 0 saturated heterocycles. The van der Waals surface area contributed by atoms with Crippen LogP contribution < -0.4 is 0 Å². The van der Waals surface area contributed by atoms with Gasteiger partial charge in [0.15, 0.2) is 0 Å². The fourth-order valence-corrected chi connectivity index (χ4v) is 1.49. The third-order valence-electron chi connectivity index (χ3n) is 2.59. The second kappa shape index (κ2) is 7.87. The minimum atomic E-state index is -6.94. The molecule has 0 aromatic carbocycles. The minimum absolute atomic E-state index is 0.211. The van der Waals surface area contributed by atoms with Crippen molar-refractivity contribution in [3.8, 4) is 0 Å². The van der Waals surface area contributed by atoms with Crippen molar-refractivity contribution in [2.45, 2.75) is 36.3 Å². The Bertz CT molecular complexity index is 440. The second-order valence-electron chi connectivity index (χ2n) is 4.53. The first kappa shape index (κ1) is 25.5. The number of ether oxygens (including phenoxy) is 3. The molecule has 0 aliphatic carbocycles. The first-order chi connectivity index (χ1) is 11.8. The van der Waals surface area contributed by atoms with Crippen molar-refractivity contribution in [3.63, 3.8) is 0 Å². The van der Waals surface area contributed by atoms with Crippen LogP contribution in [0, 0.1) is 0 Å². The predicted octanol–water partition coefficient (Wildman–Crippen LogP) is 5.05. The van der Waals surface area contributed by atoms with Gasteiger partial charge in [-0.15, -0.1) is 13.2 Å². The molecule has 0 unspecified atom stereocenters. The Labute approximate surface area is 143 Å². The van der Waals surface area contributed by atoms with Gasteiger partial charge in [-0.2, -0.15) is 52.7 Å². The highest BCUT2D eigenvalue weighted by atomic mass is 19.4. The summed E-state index contributed by atoms with van der Waals surface area (Å²) in [6, 6.07) is 0. The van der Waals surface area contributed by atoms with Gasteiger partial charge in [0.05, 0.1) is 13.2 Å². The van der Waals surface area contributed by atoms with Crippen molar-refractivity contribution in [2.75, 3.05) is 13.2 Å².